The molecule has 1 atom stereocenters. The molecule has 0 bridgehead atoms. The molecule has 2 heterocycles. The number of morpholine rings is 1. The number of hydrogen-bond acceptors (Lipinski definition) is 5. The summed E-state index contributed by atoms with van der Waals surface area (Å²) in [5.41, 5.74) is 6.87. The van der Waals surface area contributed by atoms with Crippen LogP contribution in [0.2, 0.25) is 0 Å². The zero-order chi connectivity index (χ0) is 17.0. The molecular formula is C18H24Cl2N4O2. The highest BCUT2D eigenvalue weighted by Crippen LogP contribution is 2.21. The summed E-state index contributed by atoms with van der Waals surface area (Å²) < 4.78 is 5.34. The van der Waals surface area contributed by atoms with Crippen LogP contribution < -0.4 is 16.0 Å². The first-order valence-electron chi connectivity index (χ1n) is 8.02. The summed E-state index contributed by atoms with van der Waals surface area (Å²) in [6, 6.07) is 13.0. The molecule has 1 aliphatic rings. The number of rotatable bonds is 4. The molecule has 1 unspecified atom stereocenters. The van der Waals surface area contributed by atoms with Gasteiger partial charge in [0.1, 0.15) is 11.4 Å². The second-order valence-corrected chi connectivity index (χ2v) is 6.02. The van der Waals surface area contributed by atoms with Crippen LogP contribution in [0.4, 0.5) is 11.5 Å². The zero-order valence-corrected chi connectivity index (χ0v) is 16.2. The number of halogens is 2. The van der Waals surface area contributed by atoms with E-state index in [0.29, 0.717) is 5.82 Å². The Morgan fingerprint density at radius 3 is 2.38 bits per heavy atom. The summed E-state index contributed by atoms with van der Waals surface area (Å²) in [5, 5.41) is 2.79. The number of amides is 1. The normalized spacial score (nSPS) is 15.8. The summed E-state index contributed by atoms with van der Waals surface area (Å²) >= 11 is 0. The number of carbonyl (C=O) groups is 1. The first-order valence-corrected chi connectivity index (χ1v) is 8.02. The number of hydrogen-bond donors (Lipinski definition) is 2. The summed E-state index contributed by atoms with van der Waals surface area (Å²) in [7, 11) is 0. The number of nitrogens with zero attached hydrogens (tertiary/aromatic N) is 2. The van der Waals surface area contributed by atoms with Gasteiger partial charge in [-0.25, -0.2) is 4.98 Å². The first kappa shape index (κ1) is 22.2. The maximum atomic E-state index is 12.5. The minimum Gasteiger partial charge on any atom is -0.378 e. The Labute approximate surface area is 165 Å². The van der Waals surface area contributed by atoms with Gasteiger partial charge in [-0.3, -0.25) is 4.79 Å². The Bertz CT molecular complexity index is 690. The molecule has 1 saturated heterocycles. The molecule has 1 aromatic carbocycles. The summed E-state index contributed by atoms with van der Waals surface area (Å²) in [6.45, 7) is 4.84. The predicted molar refractivity (Wildman–Crippen MR) is 108 cm³/mol. The molecule has 0 aliphatic carbocycles. The van der Waals surface area contributed by atoms with Crippen LogP contribution in [0.25, 0.3) is 0 Å². The molecule has 0 radical (unpaired) electrons. The Hall–Kier alpha value is -1.86. The third-order valence-corrected chi connectivity index (χ3v) is 4.21. The average molecular weight is 399 g/mol. The van der Waals surface area contributed by atoms with Crippen LogP contribution in [0.5, 0.6) is 0 Å². The lowest BCUT2D eigenvalue weighted by molar-refractivity contribution is -0.120. The van der Waals surface area contributed by atoms with Crippen molar-refractivity contribution >= 4 is 42.2 Å². The second-order valence-electron chi connectivity index (χ2n) is 6.02. The van der Waals surface area contributed by atoms with Gasteiger partial charge >= 0.3 is 0 Å². The standard InChI is InChI=1S/C18H22N4O2.2ClH/c1-18(19,14-5-3-2-4-6-14)17(23)21-16-8-7-15(13-20-16)22-9-11-24-12-10-22;;/h2-8,13H,9-12,19H2,1H3,(H,20,21,23);2*1H. The van der Waals surface area contributed by atoms with E-state index in [0.717, 1.165) is 37.6 Å². The second kappa shape index (κ2) is 9.73. The van der Waals surface area contributed by atoms with Gasteiger partial charge in [-0.15, -0.1) is 24.8 Å². The molecule has 1 aromatic heterocycles. The van der Waals surface area contributed by atoms with Crippen LogP contribution in [0.1, 0.15) is 12.5 Å². The van der Waals surface area contributed by atoms with E-state index >= 15 is 0 Å². The third kappa shape index (κ3) is 5.08. The fraction of sp³-hybridized carbons (Fsp3) is 0.333. The number of aromatic nitrogens is 1. The van der Waals surface area contributed by atoms with Gasteiger partial charge in [0.25, 0.3) is 0 Å². The number of benzene rings is 1. The maximum Gasteiger partial charge on any atom is 0.249 e. The molecular weight excluding hydrogens is 375 g/mol. The monoisotopic (exact) mass is 398 g/mol. The van der Waals surface area contributed by atoms with Crippen LogP contribution >= 0.6 is 24.8 Å². The Balaban J connectivity index is 0.00000169. The summed E-state index contributed by atoms with van der Waals surface area (Å²) in [4.78, 5) is 19.1. The third-order valence-electron chi connectivity index (χ3n) is 4.21. The minimum absolute atomic E-state index is 0. The van der Waals surface area contributed by atoms with Crippen LogP contribution in [-0.4, -0.2) is 37.2 Å². The Kier molecular flexibility index (Phi) is 8.30. The quantitative estimate of drug-likeness (QED) is 0.826. The molecule has 8 heteroatoms. The Morgan fingerprint density at radius 1 is 1.15 bits per heavy atom. The topological polar surface area (TPSA) is 80.5 Å². The lowest BCUT2D eigenvalue weighted by Crippen LogP contribution is -2.45. The highest BCUT2D eigenvalue weighted by molar-refractivity contribution is 5.97. The molecule has 1 fully saturated rings. The smallest absolute Gasteiger partial charge is 0.249 e. The van der Waals surface area contributed by atoms with Crippen LogP contribution in [-0.2, 0) is 15.1 Å². The van der Waals surface area contributed by atoms with Crippen molar-refractivity contribution < 1.29 is 9.53 Å². The fourth-order valence-electron chi connectivity index (χ4n) is 2.63. The lowest BCUT2D eigenvalue weighted by atomic mass is 9.92. The van der Waals surface area contributed by atoms with Crippen molar-refractivity contribution in [3.05, 3.63) is 54.2 Å². The summed E-state index contributed by atoms with van der Waals surface area (Å²) in [5.74, 6) is 0.199. The number of pyridine rings is 1. The van der Waals surface area contributed by atoms with Crippen molar-refractivity contribution in [2.45, 2.75) is 12.5 Å². The van der Waals surface area contributed by atoms with Crippen molar-refractivity contribution in [2.75, 3.05) is 36.5 Å². The molecule has 1 aliphatic heterocycles. The molecule has 26 heavy (non-hydrogen) atoms. The molecule has 142 valence electrons. The predicted octanol–water partition coefficient (Wildman–Crippen LogP) is 2.57. The Morgan fingerprint density at radius 2 is 1.81 bits per heavy atom. The zero-order valence-electron chi connectivity index (χ0n) is 14.6. The van der Waals surface area contributed by atoms with Gasteiger partial charge in [0.15, 0.2) is 0 Å². The number of anilines is 2. The van der Waals surface area contributed by atoms with Gasteiger partial charge in [0.2, 0.25) is 5.91 Å². The fourth-order valence-corrected chi connectivity index (χ4v) is 2.63. The van der Waals surface area contributed by atoms with Gasteiger partial charge in [-0.2, -0.15) is 0 Å². The van der Waals surface area contributed by atoms with Gasteiger partial charge in [0, 0.05) is 13.1 Å². The van der Waals surface area contributed by atoms with Gasteiger partial charge in [-0.1, -0.05) is 30.3 Å². The highest BCUT2D eigenvalue weighted by atomic mass is 35.5. The van der Waals surface area contributed by atoms with Crippen molar-refractivity contribution in [1.82, 2.24) is 4.98 Å². The molecule has 0 saturated carbocycles. The van der Waals surface area contributed by atoms with E-state index in [4.69, 9.17) is 10.5 Å². The van der Waals surface area contributed by atoms with E-state index < -0.39 is 5.54 Å². The number of ether oxygens (including phenoxy) is 1. The summed E-state index contributed by atoms with van der Waals surface area (Å²) in [6.07, 6.45) is 1.76. The van der Waals surface area contributed by atoms with Crippen molar-refractivity contribution in [2.24, 2.45) is 5.73 Å². The molecule has 2 aromatic rings. The van der Waals surface area contributed by atoms with Gasteiger partial charge in [-0.05, 0) is 24.6 Å². The average Bonchev–Trinajstić information content (AvgIpc) is 2.64. The van der Waals surface area contributed by atoms with E-state index in [1.165, 1.54) is 0 Å². The first-order chi connectivity index (χ1) is 11.6. The molecule has 0 spiro atoms. The SMILES string of the molecule is CC(N)(C(=O)Nc1ccc(N2CCOCC2)cn1)c1ccccc1.Cl.Cl. The largest absolute Gasteiger partial charge is 0.378 e. The molecule has 3 rings (SSSR count). The minimum atomic E-state index is -1.12. The van der Waals surface area contributed by atoms with E-state index in [1.807, 2.05) is 36.4 Å². The number of nitrogens with two attached hydrogens (primary N) is 1. The van der Waals surface area contributed by atoms with Gasteiger partial charge < -0.3 is 20.7 Å². The van der Waals surface area contributed by atoms with Crippen LogP contribution in [0.15, 0.2) is 48.7 Å². The van der Waals surface area contributed by atoms with Crippen molar-refractivity contribution in [3.63, 3.8) is 0 Å². The lowest BCUT2D eigenvalue weighted by Gasteiger charge is -2.28. The molecule has 1 amide bonds. The van der Waals surface area contributed by atoms with E-state index in [1.54, 1.807) is 19.2 Å². The van der Waals surface area contributed by atoms with Crippen LogP contribution in [0.3, 0.4) is 0 Å². The van der Waals surface area contributed by atoms with Crippen molar-refractivity contribution in [3.8, 4) is 0 Å². The number of carbonyl (C=O) groups excluding carboxylic acids is 1. The van der Waals surface area contributed by atoms with Crippen molar-refractivity contribution in [1.29, 1.82) is 0 Å². The van der Waals surface area contributed by atoms with E-state index in [9.17, 15) is 4.79 Å². The van der Waals surface area contributed by atoms with E-state index in [2.05, 4.69) is 15.2 Å². The van der Waals surface area contributed by atoms with Gasteiger partial charge in [0.05, 0.1) is 25.1 Å². The number of nitrogens with one attached hydrogen (secondary N) is 1. The molecule has 3 N–H and O–H groups in total. The van der Waals surface area contributed by atoms with Crippen LogP contribution in [0, 0.1) is 0 Å². The van der Waals surface area contributed by atoms with E-state index in [-0.39, 0.29) is 30.7 Å². The highest BCUT2D eigenvalue weighted by Gasteiger charge is 2.30. The maximum absolute atomic E-state index is 12.5. The molecule has 6 nitrogen and oxygen atoms in total.